The Labute approximate surface area is 269 Å². The number of likely N-dealkylation sites (tertiary alicyclic amines) is 1. The first kappa shape index (κ1) is 35.2. The van der Waals surface area contributed by atoms with Crippen LogP contribution in [0, 0.1) is 11.8 Å². The van der Waals surface area contributed by atoms with Crippen molar-refractivity contribution in [3.05, 3.63) is 30.0 Å². The highest BCUT2D eigenvalue weighted by molar-refractivity contribution is 6.00. The van der Waals surface area contributed by atoms with E-state index in [4.69, 9.17) is 18.6 Å². The standard InChI is InChI=1S/C34H48FN3O8/c1-6-8-17-44-27-15-16-38(31(40)22-11-9-21(10-12-22)25(20-35)37-33(42)46-34(3,4)5)29(27)30(39)36-24-13-14-26-23(18-24)19-28(45-26)32(41)43-7-2/h13-14,18-19,21-22,25,27,29H,6-12,15-17,20H2,1-5H3,(H,36,39)(H,37,42)/t21?,22?,25-,27-,29+/m1/s1. The van der Waals surface area contributed by atoms with Crippen molar-refractivity contribution in [3.63, 3.8) is 0 Å². The van der Waals surface area contributed by atoms with E-state index in [2.05, 4.69) is 17.6 Å². The first-order chi connectivity index (χ1) is 21.9. The van der Waals surface area contributed by atoms with Crippen LogP contribution >= 0.6 is 0 Å². The number of benzene rings is 1. The van der Waals surface area contributed by atoms with Gasteiger partial charge in [0.1, 0.15) is 23.9 Å². The Morgan fingerprint density at radius 2 is 1.80 bits per heavy atom. The fourth-order valence-corrected chi connectivity index (χ4v) is 6.26. The Morgan fingerprint density at radius 1 is 1.07 bits per heavy atom. The van der Waals surface area contributed by atoms with Crippen molar-refractivity contribution in [2.24, 2.45) is 11.8 Å². The summed E-state index contributed by atoms with van der Waals surface area (Å²) >= 11 is 0. The lowest BCUT2D eigenvalue weighted by Crippen LogP contribution is -2.51. The number of fused-ring (bicyclic) bond motifs is 1. The molecule has 1 aliphatic heterocycles. The lowest BCUT2D eigenvalue weighted by molar-refractivity contribution is -0.143. The molecule has 2 N–H and O–H groups in total. The van der Waals surface area contributed by atoms with Gasteiger partial charge in [0.2, 0.25) is 17.6 Å². The Balaban J connectivity index is 1.43. The van der Waals surface area contributed by atoms with Gasteiger partial charge in [-0.15, -0.1) is 0 Å². The highest BCUT2D eigenvalue weighted by Gasteiger charge is 2.45. The van der Waals surface area contributed by atoms with Gasteiger partial charge in [0.15, 0.2) is 0 Å². The third-order valence-corrected chi connectivity index (χ3v) is 8.54. The number of ether oxygens (including phenoxy) is 3. The molecule has 0 unspecified atom stereocenters. The maximum Gasteiger partial charge on any atom is 0.407 e. The van der Waals surface area contributed by atoms with Crippen molar-refractivity contribution in [1.82, 2.24) is 10.2 Å². The number of alkyl halides is 1. The smallest absolute Gasteiger partial charge is 0.407 e. The third kappa shape index (κ3) is 8.98. The summed E-state index contributed by atoms with van der Waals surface area (Å²) in [4.78, 5) is 53.7. The summed E-state index contributed by atoms with van der Waals surface area (Å²) in [6, 6.07) is 5.12. The van der Waals surface area contributed by atoms with Crippen LogP contribution < -0.4 is 10.6 Å². The van der Waals surface area contributed by atoms with E-state index in [9.17, 15) is 23.6 Å². The maximum absolute atomic E-state index is 14.0. The van der Waals surface area contributed by atoms with Gasteiger partial charge in [-0.25, -0.2) is 14.0 Å². The predicted octanol–water partition coefficient (Wildman–Crippen LogP) is 6.00. The van der Waals surface area contributed by atoms with Crippen LogP contribution in [0.15, 0.2) is 28.7 Å². The number of esters is 1. The molecule has 2 aliphatic rings. The fraction of sp³-hybridized carbons (Fsp3) is 0.647. The summed E-state index contributed by atoms with van der Waals surface area (Å²) in [7, 11) is 0. The number of nitrogens with zero attached hydrogens (tertiary/aromatic N) is 1. The van der Waals surface area contributed by atoms with Gasteiger partial charge in [0.05, 0.1) is 18.8 Å². The summed E-state index contributed by atoms with van der Waals surface area (Å²) in [5.74, 6) is -1.39. The number of alkyl carbamates (subject to hydrolysis) is 1. The number of hydrogen-bond donors (Lipinski definition) is 2. The number of nitrogens with one attached hydrogen (secondary N) is 2. The van der Waals surface area contributed by atoms with Crippen molar-refractivity contribution in [2.75, 3.05) is 31.7 Å². The second-order valence-corrected chi connectivity index (χ2v) is 13.1. The first-order valence-corrected chi connectivity index (χ1v) is 16.4. The Kier molecular flexibility index (Phi) is 12.0. The average molecular weight is 646 g/mol. The van der Waals surface area contributed by atoms with Crippen molar-refractivity contribution in [3.8, 4) is 0 Å². The van der Waals surface area contributed by atoms with Crippen molar-refractivity contribution >= 4 is 40.5 Å². The molecular formula is C34H48FN3O8. The lowest BCUT2D eigenvalue weighted by atomic mass is 9.78. The summed E-state index contributed by atoms with van der Waals surface area (Å²) in [5, 5.41) is 6.23. The summed E-state index contributed by atoms with van der Waals surface area (Å²) in [5.41, 5.74) is 0.285. The van der Waals surface area contributed by atoms with E-state index in [-0.39, 0.29) is 36.0 Å². The van der Waals surface area contributed by atoms with E-state index in [1.54, 1.807) is 56.9 Å². The average Bonchev–Trinajstić information content (AvgIpc) is 3.63. The molecule has 0 bridgehead atoms. The molecule has 0 radical (unpaired) electrons. The van der Waals surface area contributed by atoms with E-state index in [1.807, 2.05) is 0 Å². The molecule has 3 amide bonds. The fourth-order valence-electron chi connectivity index (χ4n) is 6.26. The molecule has 2 fully saturated rings. The zero-order valence-corrected chi connectivity index (χ0v) is 27.6. The highest BCUT2D eigenvalue weighted by Crippen LogP contribution is 2.35. The van der Waals surface area contributed by atoms with Gasteiger partial charge in [-0.1, -0.05) is 13.3 Å². The monoisotopic (exact) mass is 645 g/mol. The van der Waals surface area contributed by atoms with E-state index in [0.29, 0.717) is 61.9 Å². The quantitative estimate of drug-likeness (QED) is 0.212. The molecule has 0 spiro atoms. The molecule has 46 heavy (non-hydrogen) atoms. The van der Waals surface area contributed by atoms with Crippen LogP contribution in [-0.2, 0) is 23.8 Å². The van der Waals surface area contributed by atoms with Crippen LogP contribution in [0.4, 0.5) is 14.9 Å². The van der Waals surface area contributed by atoms with Gasteiger partial charge in [-0.3, -0.25) is 9.59 Å². The molecule has 3 atom stereocenters. The minimum Gasteiger partial charge on any atom is -0.460 e. The molecule has 2 heterocycles. The molecule has 1 aromatic heterocycles. The van der Waals surface area contributed by atoms with Crippen LogP contribution in [0.5, 0.6) is 0 Å². The number of rotatable bonds is 12. The highest BCUT2D eigenvalue weighted by atomic mass is 19.1. The lowest BCUT2D eigenvalue weighted by Gasteiger charge is -2.35. The molecular weight excluding hydrogens is 597 g/mol. The van der Waals surface area contributed by atoms with Gasteiger partial charge in [-0.2, -0.15) is 0 Å². The molecule has 2 aromatic rings. The van der Waals surface area contributed by atoms with Gasteiger partial charge >= 0.3 is 12.1 Å². The van der Waals surface area contributed by atoms with E-state index in [1.165, 1.54) is 0 Å². The number of carbonyl (C=O) groups is 4. The first-order valence-electron chi connectivity index (χ1n) is 16.4. The van der Waals surface area contributed by atoms with Crippen LogP contribution in [-0.4, -0.2) is 79.0 Å². The van der Waals surface area contributed by atoms with Crippen LogP contribution in [0.2, 0.25) is 0 Å². The minimum absolute atomic E-state index is 0.0745. The summed E-state index contributed by atoms with van der Waals surface area (Å²) < 4.78 is 36.0. The van der Waals surface area contributed by atoms with E-state index >= 15 is 0 Å². The number of amides is 3. The molecule has 1 aliphatic carbocycles. The zero-order chi connectivity index (χ0) is 33.4. The molecule has 1 saturated heterocycles. The molecule has 1 saturated carbocycles. The SMILES string of the molecule is CCCCO[C@@H]1CCN(C(=O)C2CCC([C@@H](CF)NC(=O)OC(C)(C)C)CC2)[C@@H]1C(=O)Nc1ccc2oc(C(=O)OCC)cc2c1. The number of anilines is 1. The molecule has 11 nitrogen and oxygen atoms in total. The third-order valence-electron chi connectivity index (χ3n) is 8.54. The maximum atomic E-state index is 14.0. The second kappa shape index (κ2) is 15.8. The van der Waals surface area contributed by atoms with E-state index < -0.39 is 42.5 Å². The van der Waals surface area contributed by atoms with Gasteiger partial charge < -0.3 is 34.2 Å². The second-order valence-electron chi connectivity index (χ2n) is 13.1. The number of hydrogen-bond acceptors (Lipinski definition) is 8. The van der Waals surface area contributed by atoms with Gasteiger partial charge in [-0.05, 0) is 96.4 Å². The normalized spacial score (nSPS) is 22.3. The Hall–Kier alpha value is -3.67. The summed E-state index contributed by atoms with van der Waals surface area (Å²) in [6.07, 6.45) is 3.42. The minimum atomic E-state index is -0.815. The number of halogens is 1. The van der Waals surface area contributed by atoms with Gasteiger partial charge in [0, 0.05) is 30.1 Å². The number of carbonyl (C=O) groups excluding carboxylic acids is 4. The number of furan rings is 1. The molecule has 4 rings (SSSR count). The topological polar surface area (TPSA) is 136 Å². The van der Waals surface area contributed by atoms with Crippen LogP contribution in [0.1, 0.15) is 90.1 Å². The van der Waals surface area contributed by atoms with E-state index in [0.717, 1.165) is 12.8 Å². The molecule has 254 valence electrons. The summed E-state index contributed by atoms with van der Waals surface area (Å²) in [6.45, 7) is 9.41. The Morgan fingerprint density at radius 3 is 2.46 bits per heavy atom. The van der Waals surface area contributed by atoms with Crippen molar-refractivity contribution < 1.29 is 42.2 Å². The van der Waals surface area contributed by atoms with Crippen molar-refractivity contribution in [2.45, 2.75) is 103 Å². The number of unbranched alkanes of at least 4 members (excludes halogenated alkanes) is 1. The van der Waals surface area contributed by atoms with Crippen molar-refractivity contribution in [1.29, 1.82) is 0 Å². The van der Waals surface area contributed by atoms with Gasteiger partial charge in [0.25, 0.3) is 0 Å². The largest absolute Gasteiger partial charge is 0.460 e. The van der Waals surface area contributed by atoms with Crippen LogP contribution in [0.25, 0.3) is 11.0 Å². The zero-order valence-electron chi connectivity index (χ0n) is 27.6. The Bertz CT molecular complexity index is 1360. The molecule has 12 heteroatoms. The predicted molar refractivity (Wildman–Crippen MR) is 170 cm³/mol. The van der Waals surface area contributed by atoms with Crippen LogP contribution in [0.3, 0.4) is 0 Å². The molecule has 1 aromatic carbocycles.